The largest absolute Gasteiger partial charge is 0.396 e. The first kappa shape index (κ1) is 18.2. The van der Waals surface area contributed by atoms with Gasteiger partial charge in [-0.25, -0.2) is 0 Å². The highest BCUT2D eigenvalue weighted by Crippen LogP contribution is 2.20. The molecule has 0 heterocycles. The van der Waals surface area contributed by atoms with E-state index in [1.165, 1.54) is 0 Å². The van der Waals surface area contributed by atoms with Crippen molar-refractivity contribution in [2.75, 3.05) is 18.5 Å². The van der Waals surface area contributed by atoms with Crippen LogP contribution in [0.4, 0.5) is 5.69 Å². The smallest absolute Gasteiger partial charge is 0.313 e. The van der Waals surface area contributed by atoms with Gasteiger partial charge in [-0.3, -0.25) is 9.59 Å². The van der Waals surface area contributed by atoms with Gasteiger partial charge in [-0.2, -0.15) is 0 Å². The summed E-state index contributed by atoms with van der Waals surface area (Å²) in [5.41, 5.74) is 1.51. The molecule has 0 bridgehead atoms. The van der Waals surface area contributed by atoms with Crippen LogP contribution in [0.5, 0.6) is 0 Å². The number of para-hydroxylation sites is 1. The molecule has 0 aliphatic rings. The predicted octanol–water partition coefficient (Wildman–Crippen LogP) is 2.10. The second kappa shape index (κ2) is 8.54. The standard InChI is InChI=1S/C17H26N2O3/c1-4-13-8-5-6-9-14(13)19-16(22)15(21)18-11-7-10-17(2,3)12-20/h5-6,8-9,20H,4,7,10-12H2,1-3H3,(H,18,21)(H,19,22). The third kappa shape index (κ3) is 5.85. The van der Waals surface area contributed by atoms with Crippen molar-refractivity contribution in [2.24, 2.45) is 5.41 Å². The fourth-order valence-electron chi connectivity index (χ4n) is 2.06. The zero-order chi connectivity index (χ0) is 16.6. The number of anilines is 1. The van der Waals surface area contributed by atoms with E-state index in [1.807, 2.05) is 39.0 Å². The van der Waals surface area contributed by atoms with E-state index in [2.05, 4.69) is 10.6 Å². The summed E-state index contributed by atoms with van der Waals surface area (Å²) in [5.74, 6) is -1.28. The molecule has 0 aromatic heterocycles. The van der Waals surface area contributed by atoms with E-state index in [4.69, 9.17) is 5.11 Å². The number of aliphatic hydroxyl groups is 1. The SMILES string of the molecule is CCc1ccccc1NC(=O)C(=O)NCCCC(C)(C)CO. The van der Waals surface area contributed by atoms with Crippen LogP contribution in [0, 0.1) is 5.41 Å². The predicted molar refractivity (Wildman–Crippen MR) is 87.6 cm³/mol. The van der Waals surface area contributed by atoms with Gasteiger partial charge in [0, 0.05) is 18.8 Å². The quantitative estimate of drug-likeness (QED) is 0.533. The van der Waals surface area contributed by atoms with Gasteiger partial charge in [0.15, 0.2) is 0 Å². The lowest BCUT2D eigenvalue weighted by Crippen LogP contribution is -2.36. The Morgan fingerprint density at radius 2 is 1.86 bits per heavy atom. The normalized spacial score (nSPS) is 11.1. The van der Waals surface area contributed by atoms with Gasteiger partial charge in [0.05, 0.1) is 0 Å². The Bertz CT molecular complexity index is 512. The van der Waals surface area contributed by atoms with Crippen LogP contribution in [0.15, 0.2) is 24.3 Å². The number of carbonyl (C=O) groups excluding carboxylic acids is 2. The molecule has 0 aliphatic heterocycles. The number of aryl methyl sites for hydroxylation is 1. The Hall–Kier alpha value is -1.88. The van der Waals surface area contributed by atoms with Gasteiger partial charge in [-0.05, 0) is 36.3 Å². The summed E-state index contributed by atoms with van der Waals surface area (Å²) in [6, 6.07) is 7.43. The van der Waals surface area contributed by atoms with Crippen LogP contribution in [0.2, 0.25) is 0 Å². The lowest BCUT2D eigenvalue weighted by molar-refractivity contribution is -0.136. The molecule has 2 amide bonds. The molecule has 22 heavy (non-hydrogen) atoms. The molecule has 0 aliphatic carbocycles. The Balaban J connectivity index is 2.41. The molecule has 0 saturated heterocycles. The van der Waals surface area contributed by atoms with Crippen molar-refractivity contribution in [3.05, 3.63) is 29.8 Å². The number of hydrogen-bond donors (Lipinski definition) is 3. The molecule has 0 atom stereocenters. The second-order valence-corrected chi connectivity index (χ2v) is 6.15. The van der Waals surface area contributed by atoms with Crippen molar-refractivity contribution in [2.45, 2.75) is 40.0 Å². The van der Waals surface area contributed by atoms with Gasteiger partial charge >= 0.3 is 11.8 Å². The van der Waals surface area contributed by atoms with Gasteiger partial charge in [-0.1, -0.05) is 39.0 Å². The maximum atomic E-state index is 11.9. The van der Waals surface area contributed by atoms with Crippen molar-refractivity contribution < 1.29 is 14.7 Å². The average molecular weight is 306 g/mol. The summed E-state index contributed by atoms with van der Waals surface area (Å²) in [6.45, 7) is 6.45. The minimum Gasteiger partial charge on any atom is -0.396 e. The maximum Gasteiger partial charge on any atom is 0.313 e. The van der Waals surface area contributed by atoms with Crippen molar-refractivity contribution in [1.82, 2.24) is 5.32 Å². The van der Waals surface area contributed by atoms with E-state index in [1.54, 1.807) is 6.07 Å². The van der Waals surface area contributed by atoms with E-state index in [0.29, 0.717) is 12.2 Å². The lowest BCUT2D eigenvalue weighted by atomic mass is 9.89. The fraction of sp³-hybridized carbons (Fsp3) is 0.529. The first-order chi connectivity index (χ1) is 10.4. The van der Waals surface area contributed by atoms with Crippen LogP contribution in [0.1, 0.15) is 39.2 Å². The van der Waals surface area contributed by atoms with Crippen LogP contribution in [-0.2, 0) is 16.0 Å². The van der Waals surface area contributed by atoms with Crippen LogP contribution in [0.3, 0.4) is 0 Å². The molecule has 5 nitrogen and oxygen atoms in total. The summed E-state index contributed by atoms with van der Waals surface area (Å²) in [4.78, 5) is 23.6. The van der Waals surface area contributed by atoms with E-state index in [0.717, 1.165) is 24.8 Å². The van der Waals surface area contributed by atoms with Crippen molar-refractivity contribution >= 4 is 17.5 Å². The molecule has 0 spiro atoms. The van der Waals surface area contributed by atoms with E-state index in [9.17, 15) is 9.59 Å². The third-order valence-electron chi connectivity index (χ3n) is 3.60. The van der Waals surface area contributed by atoms with Gasteiger partial charge < -0.3 is 15.7 Å². The molecule has 5 heteroatoms. The minimum atomic E-state index is -0.651. The number of hydrogen-bond acceptors (Lipinski definition) is 3. The summed E-state index contributed by atoms with van der Waals surface area (Å²) in [7, 11) is 0. The summed E-state index contributed by atoms with van der Waals surface area (Å²) >= 11 is 0. The van der Waals surface area contributed by atoms with Crippen LogP contribution < -0.4 is 10.6 Å². The van der Waals surface area contributed by atoms with E-state index >= 15 is 0 Å². The van der Waals surface area contributed by atoms with Crippen molar-refractivity contribution in [3.63, 3.8) is 0 Å². The fourth-order valence-corrected chi connectivity index (χ4v) is 2.06. The van der Waals surface area contributed by atoms with Crippen LogP contribution in [-0.4, -0.2) is 30.1 Å². The molecular formula is C17H26N2O3. The number of amides is 2. The maximum absolute atomic E-state index is 11.9. The molecule has 3 N–H and O–H groups in total. The third-order valence-corrected chi connectivity index (χ3v) is 3.60. The van der Waals surface area contributed by atoms with E-state index in [-0.39, 0.29) is 12.0 Å². The summed E-state index contributed by atoms with van der Waals surface area (Å²) in [6.07, 6.45) is 2.29. The lowest BCUT2D eigenvalue weighted by Gasteiger charge is -2.21. The number of carbonyl (C=O) groups is 2. The van der Waals surface area contributed by atoms with Gasteiger partial charge in [0.25, 0.3) is 0 Å². The minimum absolute atomic E-state index is 0.106. The summed E-state index contributed by atoms with van der Waals surface area (Å²) in [5, 5.41) is 14.4. The van der Waals surface area contributed by atoms with E-state index < -0.39 is 11.8 Å². The molecule has 0 radical (unpaired) electrons. The Kier molecular flexibility index (Phi) is 7.05. The molecule has 1 aromatic carbocycles. The topological polar surface area (TPSA) is 78.4 Å². The van der Waals surface area contributed by atoms with Gasteiger partial charge in [0.1, 0.15) is 0 Å². The Morgan fingerprint density at radius 3 is 2.50 bits per heavy atom. The number of rotatable bonds is 7. The number of aliphatic hydroxyl groups excluding tert-OH is 1. The van der Waals surface area contributed by atoms with Crippen molar-refractivity contribution in [3.8, 4) is 0 Å². The zero-order valence-electron chi connectivity index (χ0n) is 13.6. The Morgan fingerprint density at radius 1 is 1.18 bits per heavy atom. The molecule has 1 rings (SSSR count). The van der Waals surface area contributed by atoms with Gasteiger partial charge in [-0.15, -0.1) is 0 Å². The van der Waals surface area contributed by atoms with Crippen LogP contribution in [0.25, 0.3) is 0 Å². The van der Waals surface area contributed by atoms with Crippen molar-refractivity contribution in [1.29, 1.82) is 0 Å². The first-order valence-electron chi connectivity index (χ1n) is 7.67. The highest BCUT2D eigenvalue weighted by Gasteiger charge is 2.17. The van der Waals surface area contributed by atoms with Crippen LogP contribution >= 0.6 is 0 Å². The molecule has 122 valence electrons. The monoisotopic (exact) mass is 306 g/mol. The number of benzene rings is 1. The molecule has 1 aromatic rings. The zero-order valence-corrected chi connectivity index (χ0v) is 13.6. The van der Waals surface area contributed by atoms with Gasteiger partial charge in [0.2, 0.25) is 0 Å². The highest BCUT2D eigenvalue weighted by atomic mass is 16.3. The Labute approximate surface area is 132 Å². The molecular weight excluding hydrogens is 280 g/mol. The average Bonchev–Trinajstić information content (AvgIpc) is 2.51. The molecule has 0 fully saturated rings. The first-order valence-corrected chi connectivity index (χ1v) is 7.67. The molecule has 0 unspecified atom stereocenters. The number of nitrogens with one attached hydrogen (secondary N) is 2. The second-order valence-electron chi connectivity index (χ2n) is 6.15. The highest BCUT2D eigenvalue weighted by molar-refractivity contribution is 6.39. The molecule has 0 saturated carbocycles. The summed E-state index contributed by atoms with van der Waals surface area (Å²) < 4.78 is 0.